The first-order valence-electron chi connectivity index (χ1n) is 5.69. The number of thiazole rings is 1. The molecule has 4 nitrogen and oxygen atoms in total. The van der Waals surface area contributed by atoms with Gasteiger partial charge in [-0.2, -0.15) is 13.2 Å². The highest BCUT2D eigenvalue weighted by Crippen LogP contribution is 2.32. The maximum atomic E-state index is 12.5. The lowest BCUT2D eigenvalue weighted by Gasteiger charge is -2.09. The Hall–Kier alpha value is -1.48. The van der Waals surface area contributed by atoms with E-state index in [9.17, 15) is 18.0 Å². The van der Waals surface area contributed by atoms with Crippen LogP contribution in [0.1, 0.15) is 16.3 Å². The third-order valence-electron chi connectivity index (χ3n) is 2.43. The van der Waals surface area contributed by atoms with Gasteiger partial charge >= 0.3 is 6.18 Å². The summed E-state index contributed by atoms with van der Waals surface area (Å²) < 4.78 is 37.6. The summed E-state index contributed by atoms with van der Waals surface area (Å²) in [5.41, 5.74) is -0.277. The summed E-state index contributed by atoms with van der Waals surface area (Å²) in [6.45, 7) is 1.82. The monoisotopic (exact) mass is 379 g/mol. The third kappa shape index (κ3) is 4.24. The smallest absolute Gasteiger partial charge is 0.309 e. The highest BCUT2D eigenvalue weighted by atomic mass is 79.9. The number of hydrogen-bond acceptors (Lipinski definition) is 4. The molecule has 112 valence electrons. The number of alkyl halides is 3. The fourth-order valence-corrected chi connectivity index (χ4v) is 2.58. The molecule has 0 saturated heterocycles. The number of carbonyl (C=O) groups is 1. The van der Waals surface area contributed by atoms with Gasteiger partial charge in [0, 0.05) is 11.6 Å². The number of aryl methyl sites for hydroxylation is 1. The lowest BCUT2D eigenvalue weighted by Crippen LogP contribution is -2.16. The van der Waals surface area contributed by atoms with Crippen molar-refractivity contribution in [2.24, 2.45) is 0 Å². The van der Waals surface area contributed by atoms with E-state index >= 15 is 0 Å². The summed E-state index contributed by atoms with van der Waals surface area (Å²) in [7, 11) is 0. The fourth-order valence-electron chi connectivity index (χ4n) is 1.52. The average molecular weight is 380 g/mol. The van der Waals surface area contributed by atoms with Crippen molar-refractivity contribution in [1.82, 2.24) is 9.97 Å². The minimum atomic E-state index is -4.48. The van der Waals surface area contributed by atoms with Crippen LogP contribution in [-0.4, -0.2) is 15.9 Å². The zero-order chi connectivity index (χ0) is 15.6. The zero-order valence-electron chi connectivity index (χ0n) is 10.7. The maximum absolute atomic E-state index is 12.5. The minimum absolute atomic E-state index is 0.0412. The van der Waals surface area contributed by atoms with E-state index in [1.165, 1.54) is 11.3 Å². The predicted molar refractivity (Wildman–Crippen MR) is 76.1 cm³/mol. The van der Waals surface area contributed by atoms with Crippen molar-refractivity contribution in [3.8, 4) is 0 Å². The quantitative estimate of drug-likeness (QED) is 0.881. The van der Waals surface area contributed by atoms with E-state index in [0.29, 0.717) is 11.9 Å². The van der Waals surface area contributed by atoms with E-state index in [2.05, 4.69) is 31.2 Å². The molecule has 0 saturated carbocycles. The Labute approximate surface area is 130 Å². The summed E-state index contributed by atoms with van der Waals surface area (Å²) in [6, 6.07) is 0.871. The molecule has 0 unspecified atom stereocenters. The molecule has 2 aromatic rings. The first-order chi connectivity index (χ1) is 9.75. The summed E-state index contributed by atoms with van der Waals surface area (Å²) in [5, 5.41) is 5.04. The molecule has 0 fully saturated rings. The van der Waals surface area contributed by atoms with E-state index in [1.54, 1.807) is 5.38 Å². The van der Waals surface area contributed by atoms with Gasteiger partial charge in [-0.25, -0.2) is 9.97 Å². The Bertz CT molecular complexity index is 672. The highest BCUT2D eigenvalue weighted by Gasteiger charge is 2.31. The van der Waals surface area contributed by atoms with Crippen LogP contribution in [0.2, 0.25) is 0 Å². The highest BCUT2D eigenvalue weighted by molar-refractivity contribution is 9.10. The summed E-state index contributed by atoms with van der Waals surface area (Å²) in [6.07, 6.45) is -3.76. The van der Waals surface area contributed by atoms with Gasteiger partial charge in [0.05, 0.1) is 27.2 Å². The van der Waals surface area contributed by atoms with Gasteiger partial charge in [0.2, 0.25) is 5.91 Å². The molecule has 0 aliphatic rings. The lowest BCUT2D eigenvalue weighted by atomic mass is 10.2. The van der Waals surface area contributed by atoms with Crippen LogP contribution >= 0.6 is 27.3 Å². The molecule has 1 amide bonds. The number of hydrogen-bond donors (Lipinski definition) is 1. The molecule has 0 aliphatic carbocycles. The van der Waals surface area contributed by atoms with Crippen LogP contribution in [0.5, 0.6) is 0 Å². The van der Waals surface area contributed by atoms with Crippen molar-refractivity contribution in [3.05, 3.63) is 38.4 Å². The van der Waals surface area contributed by atoms with E-state index in [4.69, 9.17) is 0 Å². The van der Waals surface area contributed by atoms with Crippen molar-refractivity contribution in [2.45, 2.75) is 19.5 Å². The van der Waals surface area contributed by atoms with Crippen LogP contribution in [0.25, 0.3) is 0 Å². The molecular weight excluding hydrogens is 371 g/mol. The topological polar surface area (TPSA) is 54.9 Å². The zero-order valence-corrected chi connectivity index (χ0v) is 13.1. The molecule has 0 radical (unpaired) electrons. The van der Waals surface area contributed by atoms with Crippen molar-refractivity contribution in [2.75, 3.05) is 5.32 Å². The molecule has 1 N–H and O–H groups in total. The molecular formula is C12H9BrF3N3OS. The van der Waals surface area contributed by atoms with Crippen molar-refractivity contribution in [1.29, 1.82) is 0 Å². The summed E-state index contributed by atoms with van der Waals surface area (Å²) in [5.74, 6) is -0.354. The van der Waals surface area contributed by atoms with Gasteiger partial charge in [-0.3, -0.25) is 4.79 Å². The van der Waals surface area contributed by atoms with Crippen LogP contribution < -0.4 is 5.32 Å². The molecule has 2 aromatic heterocycles. The van der Waals surface area contributed by atoms with Crippen molar-refractivity contribution < 1.29 is 18.0 Å². The molecule has 0 atom stereocenters. The Morgan fingerprint density at radius 2 is 2.19 bits per heavy atom. The average Bonchev–Trinajstić information content (AvgIpc) is 2.76. The standard InChI is InChI=1S/C12H9BrF3N3OS/c1-6-18-8(5-21-6)3-10(20)19-11-9(13)2-7(4-17-11)12(14,15)16/h2,4-5H,3H2,1H3,(H,17,19,20). The normalized spacial score (nSPS) is 11.5. The number of nitrogens with zero attached hydrogens (tertiary/aromatic N) is 2. The van der Waals surface area contributed by atoms with Crippen LogP contribution in [0.15, 0.2) is 22.1 Å². The molecule has 21 heavy (non-hydrogen) atoms. The Morgan fingerprint density at radius 3 is 2.71 bits per heavy atom. The number of pyridine rings is 1. The van der Waals surface area contributed by atoms with Crippen LogP contribution in [0, 0.1) is 6.92 Å². The van der Waals surface area contributed by atoms with Gasteiger partial charge in [-0.1, -0.05) is 0 Å². The lowest BCUT2D eigenvalue weighted by molar-refractivity contribution is -0.137. The van der Waals surface area contributed by atoms with E-state index in [-0.39, 0.29) is 16.7 Å². The van der Waals surface area contributed by atoms with Gasteiger partial charge in [0.1, 0.15) is 5.82 Å². The fraction of sp³-hybridized carbons (Fsp3) is 0.250. The number of anilines is 1. The van der Waals surface area contributed by atoms with Gasteiger partial charge in [-0.05, 0) is 28.9 Å². The van der Waals surface area contributed by atoms with Crippen LogP contribution in [0.4, 0.5) is 19.0 Å². The summed E-state index contributed by atoms with van der Waals surface area (Å²) >= 11 is 4.39. The number of amides is 1. The second-order valence-corrected chi connectivity index (χ2v) is 6.05. The molecule has 9 heteroatoms. The number of rotatable bonds is 3. The SMILES string of the molecule is Cc1nc(CC(=O)Nc2ncc(C(F)(F)F)cc2Br)cs1. The van der Waals surface area contributed by atoms with Gasteiger partial charge in [0.15, 0.2) is 0 Å². The molecule has 0 aromatic carbocycles. The van der Waals surface area contributed by atoms with Crippen molar-refractivity contribution in [3.63, 3.8) is 0 Å². The van der Waals surface area contributed by atoms with E-state index in [0.717, 1.165) is 11.1 Å². The third-order valence-corrected chi connectivity index (χ3v) is 3.86. The van der Waals surface area contributed by atoms with E-state index < -0.39 is 17.6 Å². The van der Waals surface area contributed by atoms with Crippen LogP contribution in [-0.2, 0) is 17.4 Å². The molecule has 0 bridgehead atoms. The number of nitrogens with one attached hydrogen (secondary N) is 1. The van der Waals surface area contributed by atoms with E-state index in [1.807, 2.05) is 6.92 Å². The number of carbonyl (C=O) groups excluding carboxylic acids is 1. The predicted octanol–water partition coefficient (Wildman–Crippen LogP) is 3.81. The first kappa shape index (κ1) is 15.9. The number of halogens is 4. The van der Waals surface area contributed by atoms with Gasteiger partial charge < -0.3 is 5.32 Å². The molecule has 0 aliphatic heterocycles. The molecule has 0 spiro atoms. The largest absolute Gasteiger partial charge is 0.417 e. The first-order valence-corrected chi connectivity index (χ1v) is 7.36. The minimum Gasteiger partial charge on any atom is -0.309 e. The Balaban J connectivity index is 2.07. The van der Waals surface area contributed by atoms with Crippen molar-refractivity contribution >= 4 is 39.0 Å². The second-order valence-electron chi connectivity index (χ2n) is 4.13. The van der Waals surface area contributed by atoms with Crippen LogP contribution in [0.3, 0.4) is 0 Å². The number of aromatic nitrogens is 2. The molecule has 2 rings (SSSR count). The maximum Gasteiger partial charge on any atom is 0.417 e. The summed E-state index contributed by atoms with van der Waals surface area (Å²) in [4.78, 5) is 19.5. The second kappa shape index (κ2) is 6.10. The Kier molecular flexibility index (Phi) is 4.62. The Morgan fingerprint density at radius 1 is 1.48 bits per heavy atom. The van der Waals surface area contributed by atoms with Gasteiger partial charge in [-0.15, -0.1) is 11.3 Å². The van der Waals surface area contributed by atoms with Gasteiger partial charge in [0.25, 0.3) is 0 Å². The molecule has 2 heterocycles.